The van der Waals surface area contributed by atoms with Crippen LogP contribution in [0.4, 0.5) is 5.82 Å². The van der Waals surface area contributed by atoms with Crippen LogP contribution in [-0.2, 0) is 11.2 Å². The third kappa shape index (κ3) is 4.67. The molecule has 6 nitrogen and oxygen atoms in total. The van der Waals surface area contributed by atoms with E-state index in [-0.39, 0.29) is 11.8 Å². The van der Waals surface area contributed by atoms with E-state index in [0.717, 1.165) is 18.4 Å². The SMILES string of the molecule is CCNC(=O)C1(Cc2ccc(-c3cccs3)cc2)CCCN(C(=O)c2ccc(N)nc2)C1. The Morgan fingerprint density at radius 2 is 2.00 bits per heavy atom. The zero-order valence-electron chi connectivity index (χ0n) is 18.2. The molecule has 2 aromatic heterocycles. The number of nitrogen functional groups attached to an aromatic ring is 1. The zero-order chi connectivity index (χ0) is 22.6. The van der Waals surface area contributed by atoms with E-state index in [9.17, 15) is 9.59 Å². The number of hydrogen-bond donors (Lipinski definition) is 2. The topological polar surface area (TPSA) is 88.3 Å². The molecule has 1 fully saturated rings. The highest BCUT2D eigenvalue weighted by Crippen LogP contribution is 2.35. The van der Waals surface area contributed by atoms with E-state index in [1.54, 1.807) is 28.4 Å². The first kappa shape index (κ1) is 22.0. The highest BCUT2D eigenvalue weighted by atomic mass is 32.1. The van der Waals surface area contributed by atoms with Crippen LogP contribution in [0.15, 0.2) is 60.1 Å². The minimum Gasteiger partial charge on any atom is -0.384 e. The maximum Gasteiger partial charge on any atom is 0.255 e. The number of pyridine rings is 1. The smallest absolute Gasteiger partial charge is 0.255 e. The summed E-state index contributed by atoms with van der Waals surface area (Å²) in [4.78, 5) is 33.4. The number of rotatable bonds is 6. The lowest BCUT2D eigenvalue weighted by Crippen LogP contribution is -2.54. The molecule has 1 aliphatic rings. The van der Waals surface area contributed by atoms with E-state index in [1.165, 1.54) is 16.6 Å². The van der Waals surface area contributed by atoms with E-state index in [1.807, 2.05) is 13.0 Å². The third-order valence-electron chi connectivity index (χ3n) is 6.02. The second-order valence-electron chi connectivity index (χ2n) is 8.29. The van der Waals surface area contributed by atoms with Crippen LogP contribution in [0.1, 0.15) is 35.7 Å². The molecular formula is C25H28N4O2S. The van der Waals surface area contributed by atoms with Gasteiger partial charge in [0.25, 0.3) is 5.91 Å². The maximum absolute atomic E-state index is 13.3. The Labute approximate surface area is 192 Å². The first-order valence-corrected chi connectivity index (χ1v) is 11.8. The first-order valence-electron chi connectivity index (χ1n) is 10.9. The second kappa shape index (κ2) is 9.53. The Morgan fingerprint density at radius 3 is 2.66 bits per heavy atom. The lowest BCUT2D eigenvalue weighted by Gasteiger charge is -2.42. The molecule has 1 unspecified atom stereocenters. The standard InChI is InChI=1S/C25H28N4O2S/c1-2-27-24(31)25(15-18-6-8-19(9-7-18)21-5-3-14-32-21)12-4-13-29(17-25)23(30)20-10-11-22(26)28-16-20/h3,5-11,14,16H,2,4,12-13,15,17H2,1H3,(H2,26,28)(H,27,31). The summed E-state index contributed by atoms with van der Waals surface area (Å²) in [5.41, 5.74) is 7.77. The molecule has 7 heteroatoms. The number of carbonyl (C=O) groups is 2. The van der Waals surface area contributed by atoms with Crippen LogP contribution in [0.25, 0.3) is 10.4 Å². The van der Waals surface area contributed by atoms with Gasteiger partial charge in [-0.1, -0.05) is 30.3 Å². The molecule has 4 rings (SSSR count). The average molecular weight is 449 g/mol. The van der Waals surface area contributed by atoms with Crippen molar-refractivity contribution in [3.63, 3.8) is 0 Å². The van der Waals surface area contributed by atoms with Gasteiger partial charge in [0, 0.05) is 30.7 Å². The molecule has 0 radical (unpaired) electrons. The summed E-state index contributed by atoms with van der Waals surface area (Å²) < 4.78 is 0. The Morgan fingerprint density at radius 1 is 1.19 bits per heavy atom. The third-order valence-corrected chi connectivity index (χ3v) is 6.94. The van der Waals surface area contributed by atoms with Gasteiger partial charge in [-0.15, -0.1) is 11.3 Å². The summed E-state index contributed by atoms with van der Waals surface area (Å²) in [6.07, 6.45) is 3.62. The lowest BCUT2D eigenvalue weighted by molar-refractivity contribution is -0.133. The fraction of sp³-hybridized carbons (Fsp3) is 0.320. The van der Waals surface area contributed by atoms with E-state index in [2.05, 4.69) is 46.0 Å². The Kier molecular flexibility index (Phi) is 6.55. The van der Waals surface area contributed by atoms with Gasteiger partial charge in [0.15, 0.2) is 0 Å². The number of aromatic nitrogens is 1. The molecule has 166 valence electrons. The summed E-state index contributed by atoms with van der Waals surface area (Å²) in [6.45, 7) is 3.50. The minimum atomic E-state index is -0.657. The molecule has 1 atom stereocenters. The quantitative estimate of drug-likeness (QED) is 0.597. The van der Waals surface area contributed by atoms with Gasteiger partial charge < -0.3 is 16.0 Å². The number of carbonyl (C=O) groups excluding carboxylic acids is 2. The molecule has 3 heterocycles. The van der Waals surface area contributed by atoms with Gasteiger partial charge >= 0.3 is 0 Å². The number of nitrogens with two attached hydrogens (primary N) is 1. The molecule has 2 amide bonds. The second-order valence-corrected chi connectivity index (χ2v) is 9.24. The van der Waals surface area contributed by atoms with E-state index < -0.39 is 5.41 Å². The predicted octanol–water partition coefficient (Wildman–Crippen LogP) is 3.99. The van der Waals surface area contributed by atoms with Gasteiger partial charge in [-0.25, -0.2) is 4.98 Å². The number of hydrogen-bond acceptors (Lipinski definition) is 5. The Balaban J connectivity index is 1.57. The summed E-state index contributed by atoms with van der Waals surface area (Å²) in [5, 5.41) is 5.08. The molecule has 3 aromatic rings. The van der Waals surface area contributed by atoms with Crippen LogP contribution in [0.5, 0.6) is 0 Å². The summed E-state index contributed by atoms with van der Waals surface area (Å²) >= 11 is 1.71. The van der Waals surface area contributed by atoms with E-state index in [4.69, 9.17) is 5.73 Å². The van der Waals surface area contributed by atoms with Crippen LogP contribution in [0.2, 0.25) is 0 Å². The van der Waals surface area contributed by atoms with Gasteiger partial charge in [-0.05, 0) is 60.9 Å². The average Bonchev–Trinajstić information content (AvgIpc) is 3.35. The van der Waals surface area contributed by atoms with Gasteiger partial charge in [-0.3, -0.25) is 9.59 Å². The van der Waals surface area contributed by atoms with E-state index >= 15 is 0 Å². The number of nitrogens with zero attached hydrogens (tertiary/aromatic N) is 2. The summed E-state index contributed by atoms with van der Waals surface area (Å²) in [6, 6.07) is 15.9. The van der Waals surface area contributed by atoms with Crippen LogP contribution >= 0.6 is 11.3 Å². The van der Waals surface area contributed by atoms with E-state index in [0.29, 0.717) is 37.4 Å². The molecule has 0 aliphatic carbocycles. The number of thiophene rings is 1. The van der Waals surface area contributed by atoms with Crippen molar-refractivity contribution in [2.24, 2.45) is 5.41 Å². The number of piperidine rings is 1. The van der Waals surface area contributed by atoms with Crippen LogP contribution in [0, 0.1) is 5.41 Å². The van der Waals surface area contributed by atoms with Crippen molar-refractivity contribution in [2.45, 2.75) is 26.2 Å². The monoisotopic (exact) mass is 448 g/mol. The molecule has 0 saturated carbocycles. The number of anilines is 1. The van der Waals surface area contributed by atoms with Crippen molar-refractivity contribution >= 4 is 29.0 Å². The van der Waals surface area contributed by atoms with Gasteiger partial charge in [-0.2, -0.15) is 0 Å². The maximum atomic E-state index is 13.3. The van der Waals surface area contributed by atoms with Gasteiger partial charge in [0.05, 0.1) is 11.0 Å². The van der Waals surface area contributed by atoms with Crippen molar-refractivity contribution in [1.29, 1.82) is 0 Å². The summed E-state index contributed by atoms with van der Waals surface area (Å²) in [7, 11) is 0. The fourth-order valence-electron chi connectivity index (χ4n) is 4.40. The van der Waals surface area contributed by atoms with Crippen molar-refractivity contribution in [2.75, 3.05) is 25.4 Å². The molecule has 0 bridgehead atoms. The first-order chi connectivity index (χ1) is 15.5. The van der Waals surface area contributed by atoms with Crippen molar-refractivity contribution in [1.82, 2.24) is 15.2 Å². The normalized spacial score (nSPS) is 18.3. The number of amides is 2. The highest BCUT2D eigenvalue weighted by molar-refractivity contribution is 7.13. The molecule has 32 heavy (non-hydrogen) atoms. The van der Waals surface area contributed by atoms with Gasteiger partial charge in [0.1, 0.15) is 5.82 Å². The lowest BCUT2D eigenvalue weighted by atomic mass is 9.74. The number of likely N-dealkylation sites (tertiary alicyclic amines) is 1. The minimum absolute atomic E-state index is 0.00950. The van der Waals surface area contributed by atoms with Crippen molar-refractivity contribution in [3.8, 4) is 10.4 Å². The van der Waals surface area contributed by atoms with Crippen LogP contribution in [0.3, 0.4) is 0 Å². The molecule has 1 aliphatic heterocycles. The van der Waals surface area contributed by atoms with Crippen LogP contribution in [-0.4, -0.2) is 41.3 Å². The zero-order valence-corrected chi connectivity index (χ0v) is 19.0. The predicted molar refractivity (Wildman–Crippen MR) is 128 cm³/mol. The Bertz CT molecular complexity index is 1060. The fourth-order valence-corrected chi connectivity index (χ4v) is 5.13. The molecule has 3 N–H and O–H groups in total. The summed E-state index contributed by atoms with van der Waals surface area (Å²) in [5.74, 6) is 0.275. The molecule has 1 saturated heterocycles. The molecule has 0 spiro atoms. The molecule has 1 aromatic carbocycles. The van der Waals surface area contributed by atoms with Gasteiger partial charge in [0.2, 0.25) is 5.91 Å². The van der Waals surface area contributed by atoms with Crippen molar-refractivity contribution in [3.05, 3.63) is 71.2 Å². The van der Waals surface area contributed by atoms with Crippen LogP contribution < -0.4 is 11.1 Å². The van der Waals surface area contributed by atoms with Crippen molar-refractivity contribution < 1.29 is 9.59 Å². The number of nitrogens with one attached hydrogen (secondary N) is 1. The Hall–Kier alpha value is -3.19. The number of benzene rings is 1. The highest BCUT2D eigenvalue weighted by Gasteiger charge is 2.43. The molecular weight excluding hydrogens is 420 g/mol. The largest absolute Gasteiger partial charge is 0.384 e.